The lowest BCUT2D eigenvalue weighted by Crippen LogP contribution is -2.26. The zero-order valence-electron chi connectivity index (χ0n) is 34.5. The summed E-state index contributed by atoms with van der Waals surface area (Å²) in [5.41, 5.74) is 4.41. The van der Waals surface area contributed by atoms with Gasteiger partial charge in [-0.1, -0.05) is 130 Å². The standard InChI is InChI=1S/C22H30O3.C18H20O3.C8H16O/c1-5-16(6-2)21(24)15-25-20-13-9-18(10-14-20)22(3,4)17-7-11-19(23)12-8-17;1-18(2,13-3-7-15(19)8-4-13)14-5-9-16(10-6-14)20-11-17-12-21-17;1-3-7(4-2)5-8-6-9-8/h7-14,16,21,23-24H,5-6,15H2,1-4H3;3-10,17,19H,11-12H2,1-2H3;7-8H,3-6H2,1-2H3. The normalized spacial score (nSPS) is 16.7. The third-order valence-corrected chi connectivity index (χ3v) is 11.3. The van der Waals surface area contributed by atoms with Crippen LogP contribution in [-0.4, -0.2) is 60.1 Å². The highest BCUT2D eigenvalue weighted by atomic mass is 16.6. The Hall–Kier alpha value is -4.04. The minimum atomic E-state index is -0.428. The number of phenols is 2. The van der Waals surface area contributed by atoms with Crippen molar-refractivity contribution in [2.45, 2.75) is 117 Å². The highest BCUT2D eigenvalue weighted by molar-refractivity contribution is 5.43. The lowest BCUT2D eigenvalue weighted by atomic mass is 9.78. The van der Waals surface area contributed by atoms with Crippen molar-refractivity contribution in [3.05, 3.63) is 119 Å². The summed E-state index contributed by atoms with van der Waals surface area (Å²) in [6, 6.07) is 30.9. The predicted octanol–water partition coefficient (Wildman–Crippen LogP) is 10.6. The van der Waals surface area contributed by atoms with Crippen molar-refractivity contribution in [1.82, 2.24) is 0 Å². The molecule has 300 valence electrons. The maximum atomic E-state index is 10.2. The van der Waals surface area contributed by atoms with Crippen LogP contribution < -0.4 is 9.47 Å². The number of aliphatic hydroxyl groups excluding tert-OH is 1. The minimum absolute atomic E-state index is 0.119. The van der Waals surface area contributed by atoms with E-state index in [1.807, 2.05) is 48.5 Å². The highest BCUT2D eigenvalue weighted by Gasteiger charge is 2.26. The average molecular weight is 755 g/mol. The maximum Gasteiger partial charge on any atom is 0.119 e. The Morgan fingerprint density at radius 1 is 0.564 bits per heavy atom. The molecule has 2 aliphatic rings. The number of aromatic hydroxyl groups is 2. The summed E-state index contributed by atoms with van der Waals surface area (Å²) in [6.45, 7) is 20.2. The first-order valence-electron chi connectivity index (χ1n) is 20.3. The molecule has 3 N–H and O–H groups in total. The van der Waals surface area contributed by atoms with Gasteiger partial charge >= 0.3 is 0 Å². The van der Waals surface area contributed by atoms with Crippen LogP contribution in [0.15, 0.2) is 97.1 Å². The molecule has 7 heteroatoms. The van der Waals surface area contributed by atoms with E-state index in [-0.39, 0.29) is 28.6 Å². The van der Waals surface area contributed by atoms with Crippen LogP contribution in [0.3, 0.4) is 0 Å². The van der Waals surface area contributed by atoms with Gasteiger partial charge in [-0.15, -0.1) is 0 Å². The molecule has 55 heavy (non-hydrogen) atoms. The number of rotatable bonds is 17. The van der Waals surface area contributed by atoms with Crippen molar-refractivity contribution in [2.75, 3.05) is 26.4 Å². The Morgan fingerprint density at radius 3 is 1.27 bits per heavy atom. The first kappa shape index (κ1) is 43.7. The third-order valence-electron chi connectivity index (χ3n) is 11.3. The van der Waals surface area contributed by atoms with Gasteiger partial charge in [0, 0.05) is 10.8 Å². The van der Waals surface area contributed by atoms with Gasteiger partial charge in [0.05, 0.1) is 25.4 Å². The van der Waals surface area contributed by atoms with Crippen molar-refractivity contribution >= 4 is 0 Å². The first-order chi connectivity index (χ1) is 26.3. The molecular weight excluding hydrogens is 689 g/mol. The molecule has 3 unspecified atom stereocenters. The fourth-order valence-electron chi connectivity index (χ4n) is 6.73. The van der Waals surface area contributed by atoms with E-state index < -0.39 is 6.10 Å². The number of epoxide rings is 2. The minimum Gasteiger partial charge on any atom is -0.508 e. The SMILES string of the molecule is CC(C)(c1ccc(O)cc1)c1ccc(OCC2CO2)cc1.CCC(CC)C(O)COc1ccc(C(C)(C)c2ccc(O)cc2)cc1.CCC(CC)CC1CO1. The predicted molar refractivity (Wildman–Crippen MR) is 223 cm³/mol. The van der Waals surface area contributed by atoms with E-state index in [1.54, 1.807) is 24.3 Å². The Bertz CT molecular complexity index is 1650. The molecule has 0 radical (unpaired) electrons. The second-order valence-electron chi connectivity index (χ2n) is 16.0. The van der Waals surface area contributed by atoms with Gasteiger partial charge in [-0.25, -0.2) is 0 Å². The van der Waals surface area contributed by atoms with Crippen LogP contribution in [0.4, 0.5) is 0 Å². The average Bonchev–Trinajstić information content (AvgIpc) is 4.14. The van der Waals surface area contributed by atoms with E-state index in [0.29, 0.717) is 25.1 Å². The van der Waals surface area contributed by atoms with E-state index >= 15 is 0 Å². The van der Waals surface area contributed by atoms with Gasteiger partial charge in [-0.05, 0) is 89.0 Å². The Labute approximate surface area is 330 Å². The van der Waals surface area contributed by atoms with Crippen molar-refractivity contribution in [1.29, 1.82) is 0 Å². The van der Waals surface area contributed by atoms with Crippen LogP contribution in [0.1, 0.15) is 110 Å². The fraction of sp³-hybridized carbons (Fsp3) is 0.500. The number of aliphatic hydroxyl groups is 1. The Morgan fingerprint density at radius 2 is 0.927 bits per heavy atom. The summed E-state index contributed by atoms with van der Waals surface area (Å²) in [5.74, 6) is 3.41. The van der Waals surface area contributed by atoms with Gasteiger partial charge in [0.15, 0.2) is 0 Å². The number of ether oxygens (including phenoxy) is 4. The van der Waals surface area contributed by atoms with Crippen molar-refractivity contribution in [2.24, 2.45) is 11.8 Å². The van der Waals surface area contributed by atoms with Crippen LogP contribution in [0, 0.1) is 11.8 Å². The van der Waals surface area contributed by atoms with E-state index in [9.17, 15) is 15.3 Å². The van der Waals surface area contributed by atoms with Gasteiger partial charge < -0.3 is 34.3 Å². The lowest BCUT2D eigenvalue weighted by molar-refractivity contribution is 0.0536. The second kappa shape index (κ2) is 20.8. The summed E-state index contributed by atoms with van der Waals surface area (Å²) in [7, 11) is 0. The van der Waals surface area contributed by atoms with Crippen LogP contribution >= 0.6 is 0 Å². The van der Waals surface area contributed by atoms with Crippen LogP contribution in [0.25, 0.3) is 0 Å². The molecule has 2 fully saturated rings. The molecule has 0 amide bonds. The summed E-state index contributed by atoms with van der Waals surface area (Å²) in [5, 5.41) is 29.1. The Balaban J connectivity index is 0.000000202. The molecule has 0 aromatic heterocycles. The molecule has 6 rings (SSSR count). The van der Waals surface area contributed by atoms with Gasteiger partial charge in [0.25, 0.3) is 0 Å². The zero-order chi connectivity index (χ0) is 40.0. The lowest BCUT2D eigenvalue weighted by Gasteiger charge is -2.26. The number of hydrogen-bond donors (Lipinski definition) is 3. The molecule has 2 saturated heterocycles. The zero-order valence-corrected chi connectivity index (χ0v) is 34.5. The smallest absolute Gasteiger partial charge is 0.119 e. The van der Waals surface area contributed by atoms with Crippen LogP contribution in [0.5, 0.6) is 23.0 Å². The van der Waals surface area contributed by atoms with Crippen molar-refractivity contribution < 1.29 is 34.3 Å². The Kier molecular flexibility index (Phi) is 16.5. The molecule has 2 aliphatic heterocycles. The van der Waals surface area contributed by atoms with Crippen LogP contribution in [-0.2, 0) is 20.3 Å². The van der Waals surface area contributed by atoms with E-state index in [0.717, 1.165) is 49.0 Å². The first-order valence-corrected chi connectivity index (χ1v) is 20.3. The molecule has 0 bridgehead atoms. The summed E-state index contributed by atoms with van der Waals surface area (Å²) in [4.78, 5) is 0. The molecule has 0 saturated carbocycles. The van der Waals surface area contributed by atoms with Gasteiger partial charge in [0.1, 0.15) is 42.3 Å². The molecule has 4 aromatic rings. The van der Waals surface area contributed by atoms with E-state index in [1.165, 1.54) is 36.0 Å². The molecule has 0 spiro atoms. The monoisotopic (exact) mass is 754 g/mol. The van der Waals surface area contributed by atoms with Gasteiger partial charge in [0.2, 0.25) is 0 Å². The topological polar surface area (TPSA) is 104 Å². The van der Waals surface area contributed by atoms with Crippen LogP contribution in [0.2, 0.25) is 0 Å². The quantitative estimate of drug-likeness (QED) is 0.0922. The number of hydrogen-bond acceptors (Lipinski definition) is 7. The molecular formula is C48H66O7. The van der Waals surface area contributed by atoms with Gasteiger partial charge in [-0.2, -0.15) is 0 Å². The van der Waals surface area contributed by atoms with E-state index in [4.69, 9.17) is 18.9 Å². The second-order valence-corrected chi connectivity index (χ2v) is 16.0. The molecule has 2 heterocycles. The fourth-order valence-corrected chi connectivity index (χ4v) is 6.73. The number of benzene rings is 4. The molecule has 0 aliphatic carbocycles. The summed E-state index contributed by atoms with van der Waals surface area (Å²) >= 11 is 0. The third kappa shape index (κ3) is 13.6. The highest BCUT2D eigenvalue weighted by Crippen LogP contribution is 2.35. The number of phenolic OH excluding ortho intramolecular Hbond substituents is 2. The van der Waals surface area contributed by atoms with E-state index in [2.05, 4.69) is 79.7 Å². The molecule has 7 nitrogen and oxygen atoms in total. The largest absolute Gasteiger partial charge is 0.508 e. The molecule has 4 aromatic carbocycles. The van der Waals surface area contributed by atoms with Gasteiger partial charge in [-0.3, -0.25) is 0 Å². The summed E-state index contributed by atoms with van der Waals surface area (Å²) in [6.07, 6.45) is 6.33. The summed E-state index contributed by atoms with van der Waals surface area (Å²) < 4.78 is 21.7. The molecule has 3 atom stereocenters. The van der Waals surface area contributed by atoms with Crippen molar-refractivity contribution in [3.63, 3.8) is 0 Å². The maximum absolute atomic E-state index is 10.2. The van der Waals surface area contributed by atoms with Crippen molar-refractivity contribution in [3.8, 4) is 23.0 Å².